The molecule has 1 aromatic carbocycles. The van der Waals surface area contributed by atoms with Crippen LogP contribution in [0, 0.1) is 10.1 Å². The van der Waals surface area contributed by atoms with Gasteiger partial charge in [0.05, 0.1) is 15.5 Å². The number of carbonyl (C=O) groups is 1. The van der Waals surface area contributed by atoms with E-state index in [-0.39, 0.29) is 10.7 Å². The summed E-state index contributed by atoms with van der Waals surface area (Å²) >= 11 is 6.02. The quantitative estimate of drug-likeness (QED) is 0.589. The minimum atomic E-state index is -0.638. The second-order valence-electron chi connectivity index (χ2n) is 5.29. The van der Waals surface area contributed by atoms with Gasteiger partial charge in [-0.05, 0) is 26.8 Å². The van der Waals surface area contributed by atoms with Gasteiger partial charge >= 0.3 is 6.09 Å². The van der Waals surface area contributed by atoms with Gasteiger partial charge in [-0.3, -0.25) is 14.7 Å². The number of nitrogens with zero attached hydrogens (tertiary/aromatic N) is 2. The van der Waals surface area contributed by atoms with E-state index in [2.05, 4.69) is 0 Å². The molecule has 0 atom stereocenters. The molecule has 2 aromatic rings. The minimum absolute atomic E-state index is 0.0821. The standard InChI is InChI=1S/C13H13ClN2O4/c1-13(2,3)20-12(17)15-7-10(14)9-6-8(16(18)19)4-5-11(9)15/h4-7H,1-3H3. The molecule has 0 radical (unpaired) electrons. The van der Waals surface area contributed by atoms with Crippen molar-refractivity contribution in [3.05, 3.63) is 39.5 Å². The van der Waals surface area contributed by atoms with Crippen molar-refractivity contribution in [2.24, 2.45) is 0 Å². The second-order valence-corrected chi connectivity index (χ2v) is 5.69. The number of hydrogen-bond donors (Lipinski definition) is 0. The molecule has 6 nitrogen and oxygen atoms in total. The highest BCUT2D eigenvalue weighted by molar-refractivity contribution is 6.36. The molecule has 1 aromatic heterocycles. The van der Waals surface area contributed by atoms with E-state index >= 15 is 0 Å². The lowest BCUT2D eigenvalue weighted by Crippen LogP contribution is -2.26. The monoisotopic (exact) mass is 296 g/mol. The largest absolute Gasteiger partial charge is 0.443 e. The zero-order chi connectivity index (χ0) is 15.1. The van der Waals surface area contributed by atoms with Crippen LogP contribution in [0.2, 0.25) is 5.02 Å². The SMILES string of the molecule is CC(C)(C)OC(=O)n1cc(Cl)c2cc([N+](=O)[O-])ccc21. The molecular formula is C13H13ClN2O4. The number of nitro groups is 1. The molecule has 0 aliphatic rings. The topological polar surface area (TPSA) is 74.4 Å². The molecule has 1 heterocycles. The molecule has 106 valence electrons. The molecule has 0 bridgehead atoms. The highest BCUT2D eigenvalue weighted by Crippen LogP contribution is 2.29. The maximum absolute atomic E-state index is 12.1. The van der Waals surface area contributed by atoms with Crippen LogP contribution in [0.1, 0.15) is 20.8 Å². The van der Waals surface area contributed by atoms with Crippen molar-refractivity contribution in [3.8, 4) is 0 Å². The van der Waals surface area contributed by atoms with Crippen LogP contribution in [0.5, 0.6) is 0 Å². The molecule has 20 heavy (non-hydrogen) atoms. The van der Waals surface area contributed by atoms with Gasteiger partial charge in [-0.15, -0.1) is 0 Å². The summed E-state index contributed by atoms with van der Waals surface area (Å²) in [5.74, 6) is 0. The van der Waals surface area contributed by atoms with Gasteiger partial charge in [0.15, 0.2) is 0 Å². The van der Waals surface area contributed by atoms with E-state index in [0.29, 0.717) is 10.9 Å². The van der Waals surface area contributed by atoms with Crippen LogP contribution in [0.3, 0.4) is 0 Å². The zero-order valence-electron chi connectivity index (χ0n) is 11.2. The van der Waals surface area contributed by atoms with Crippen LogP contribution < -0.4 is 0 Å². The van der Waals surface area contributed by atoms with Gasteiger partial charge in [-0.25, -0.2) is 4.79 Å². The van der Waals surface area contributed by atoms with Gasteiger partial charge in [0, 0.05) is 23.7 Å². The third-order valence-electron chi connectivity index (χ3n) is 2.54. The number of halogens is 1. The van der Waals surface area contributed by atoms with Gasteiger partial charge in [-0.2, -0.15) is 0 Å². The third-order valence-corrected chi connectivity index (χ3v) is 2.84. The van der Waals surface area contributed by atoms with E-state index in [4.69, 9.17) is 16.3 Å². The lowest BCUT2D eigenvalue weighted by molar-refractivity contribution is -0.384. The number of non-ortho nitro benzene ring substituents is 1. The second kappa shape index (κ2) is 4.79. The number of carbonyl (C=O) groups excluding carboxylic acids is 1. The van der Waals surface area contributed by atoms with Gasteiger partial charge in [0.2, 0.25) is 0 Å². The summed E-state index contributed by atoms with van der Waals surface area (Å²) in [6, 6.07) is 4.13. The summed E-state index contributed by atoms with van der Waals surface area (Å²) in [6.45, 7) is 5.26. The average molecular weight is 297 g/mol. The summed E-state index contributed by atoms with van der Waals surface area (Å²) in [4.78, 5) is 22.3. The first kappa shape index (κ1) is 14.3. The Bertz CT molecular complexity index is 700. The van der Waals surface area contributed by atoms with Crippen molar-refractivity contribution in [1.29, 1.82) is 0 Å². The number of nitro benzene ring substituents is 1. The molecule has 0 spiro atoms. The van der Waals surface area contributed by atoms with Crippen molar-refractivity contribution < 1.29 is 14.5 Å². The zero-order valence-corrected chi connectivity index (χ0v) is 12.0. The predicted octanol–water partition coefficient (Wildman–Crippen LogP) is 3.99. The van der Waals surface area contributed by atoms with Crippen LogP contribution in [-0.4, -0.2) is 21.2 Å². The molecule has 0 fully saturated rings. The van der Waals surface area contributed by atoms with Gasteiger partial charge in [-0.1, -0.05) is 11.6 Å². The number of rotatable bonds is 1. The summed E-state index contributed by atoms with van der Waals surface area (Å²) in [5, 5.41) is 11.4. The maximum atomic E-state index is 12.1. The smallest absolute Gasteiger partial charge is 0.419 e. The van der Waals surface area contributed by atoms with Crippen molar-refractivity contribution >= 4 is 34.3 Å². The number of hydrogen-bond acceptors (Lipinski definition) is 4. The van der Waals surface area contributed by atoms with Crippen molar-refractivity contribution in [2.75, 3.05) is 0 Å². The highest BCUT2D eigenvalue weighted by atomic mass is 35.5. The first-order valence-corrected chi connectivity index (χ1v) is 6.25. The number of benzene rings is 1. The number of aromatic nitrogens is 1. The lowest BCUT2D eigenvalue weighted by Gasteiger charge is -2.19. The van der Waals surface area contributed by atoms with Crippen LogP contribution in [-0.2, 0) is 4.74 Å². The molecule has 0 aliphatic carbocycles. The fraction of sp³-hybridized carbons (Fsp3) is 0.308. The lowest BCUT2D eigenvalue weighted by atomic mass is 10.2. The van der Waals surface area contributed by atoms with Crippen LogP contribution in [0.25, 0.3) is 10.9 Å². The summed E-state index contributed by atoms with van der Waals surface area (Å²) in [6.07, 6.45) is 0.813. The van der Waals surface area contributed by atoms with Crippen LogP contribution in [0.4, 0.5) is 10.5 Å². The fourth-order valence-electron chi connectivity index (χ4n) is 1.75. The Morgan fingerprint density at radius 2 is 2.05 bits per heavy atom. The number of ether oxygens (including phenoxy) is 1. The molecular weight excluding hydrogens is 284 g/mol. The predicted molar refractivity (Wildman–Crippen MR) is 75.2 cm³/mol. The van der Waals surface area contributed by atoms with E-state index in [9.17, 15) is 14.9 Å². The molecule has 7 heteroatoms. The molecule has 0 aliphatic heterocycles. The molecule has 2 rings (SSSR count). The summed E-state index contributed by atoms with van der Waals surface area (Å²) < 4.78 is 6.50. The van der Waals surface area contributed by atoms with Crippen molar-refractivity contribution in [2.45, 2.75) is 26.4 Å². The Balaban J connectivity index is 2.51. The maximum Gasteiger partial charge on any atom is 0.419 e. The van der Waals surface area contributed by atoms with Crippen molar-refractivity contribution in [1.82, 2.24) is 4.57 Å². The molecule has 0 saturated heterocycles. The first-order valence-electron chi connectivity index (χ1n) is 5.87. The summed E-state index contributed by atoms with van der Waals surface area (Å²) in [5.41, 5.74) is -0.253. The third kappa shape index (κ3) is 2.75. The van der Waals surface area contributed by atoms with E-state index < -0.39 is 16.6 Å². The Hall–Kier alpha value is -2.08. The highest BCUT2D eigenvalue weighted by Gasteiger charge is 2.21. The van der Waals surface area contributed by atoms with Crippen LogP contribution >= 0.6 is 11.6 Å². The molecule has 0 N–H and O–H groups in total. The molecule has 0 saturated carbocycles. The Morgan fingerprint density at radius 3 is 2.60 bits per heavy atom. The number of fused-ring (bicyclic) bond motifs is 1. The molecule has 0 unspecified atom stereocenters. The van der Waals surface area contributed by atoms with Gasteiger partial charge < -0.3 is 4.74 Å². The minimum Gasteiger partial charge on any atom is -0.443 e. The van der Waals surface area contributed by atoms with Gasteiger partial charge in [0.25, 0.3) is 5.69 Å². The van der Waals surface area contributed by atoms with Crippen molar-refractivity contribution in [3.63, 3.8) is 0 Å². The van der Waals surface area contributed by atoms with E-state index in [1.807, 2.05) is 0 Å². The molecule has 0 amide bonds. The Morgan fingerprint density at radius 1 is 1.40 bits per heavy atom. The Kier molecular flexibility index (Phi) is 3.43. The first-order chi connectivity index (χ1) is 9.19. The van der Waals surface area contributed by atoms with E-state index in [0.717, 1.165) is 0 Å². The fourth-order valence-corrected chi connectivity index (χ4v) is 2.00. The normalized spacial score (nSPS) is 11.6. The van der Waals surface area contributed by atoms with E-state index in [1.54, 1.807) is 20.8 Å². The Labute approximate surface area is 120 Å². The van der Waals surface area contributed by atoms with E-state index in [1.165, 1.54) is 29.0 Å². The van der Waals surface area contributed by atoms with Crippen LogP contribution in [0.15, 0.2) is 24.4 Å². The average Bonchev–Trinajstić information content (AvgIpc) is 2.64. The summed E-state index contributed by atoms with van der Waals surface area (Å²) in [7, 11) is 0. The van der Waals surface area contributed by atoms with Gasteiger partial charge in [0.1, 0.15) is 5.60 Å².